The molecule has 1 rings (SSSR count). The average molecular weight is 238 g/mol. The highest BCUT2D eigenvalue weighted by molar-refractivity contribution is 5.75. The van der Waals surface area contributed by atoms with Crippen molar-refractivity contribution in [1.29, 1.82) is 0 Å². The summed E-state index contributed by atoms with van der Waals surface area (Å²) in [4.78, 5) is 39.9. The minimum Gasteiger partial charge on any atom is -0.466 e. The molecule has 1 N–H and O–H groups in total. The van der Waals surface area contributed by atoms with Gasteiger partial charge in [0.1, 0.15) is 11.5 Å². The molecule has 0 amide bonds. The number of carbonyl (C=O) groups is 2. The summed E-state index contributed by atoms with van der Waals surface area (Å²) in [5, 5.41) is 0. The summed E-state index contributed by atoms with van der Waals surface area (Å²) in [6.07, 6.45) is 0.723. The number of hydrogen-bond acceptors (Lipinski definition) is 5. The molecule has 0 spiro atoms. The lowest BCUT2D eigenvalue weighted by atomic mass is 10.1. The molecule has 1 aromatic heterocycles. The van der Waals surface area contributed by atoms with Crippen molar-refractivity contribution in [2.75, 3.05) is 6.61 Å². The smallest absolute Gasteiger partial charge is 0.306 e. The summed E-state index contributed by atoms with van der Waals surface area (Å²) in [6, 6.07) is 0. The maximum atomic E-state index is 11.6. The van der Waals surface area contributed by atoms with Gasteiger partial charge < -0.3 is 9.72 Å². The molecule has 0 saturated heterocycles. The Bertz CT molecular complexity index is 479. The van der Waals surface area contributed by atoms with Gasteiger partial charge in [0.15, 0.2) is 6.29 Å². The summed E-state index contributed by atoms with van der Waals surface area (Å²) in [5.74, 6) is -0.0266. The molecule has 0 saturated carbocycles. The number of ether oxygens (including phenoxy) is 1. The highest BCUT2D eigenvalue weighted by Gasteiger charge is 2.12. The van der Waals surface area contributed by atoms with Gasteiger partial charge in [-0.25, -0.2) is 4.98 Å². The molecule has 0 unspecified atom stereocenters. The molecule has 6 nitrogen and oxygen atoms in total. The molecule has 0 radical (unpaired) electrons. The second-order valence-corrected chi connectivity index (χ2v) is 3.44. The maximum absolute atomic E-state index is 11.6. The Morgan fingerprint density at radius 3 is 2.82 bits per heavy atom. The number of hydrogen-bond donors (Lipinski definition) is 1. The number of esters is 1. The van der Waals surface area contributed by atoms with Crippen molar-refractivity contribution in [2.24, 2.45) is 0 Å². The van der Waals surface area contributed by atoms with Gasteiger partial charge in [0.2, 0.25) is 0 Å². The van der Waals surface area contributed by atoms with Gasteiger partial charge in [0.05, 0.1) is 6.61 Å². The average Bonchev–Trinajstić information content (AvgIpc) is 2.27. The van der Waals surface area contributed by atoms with Crippen molar-refractivity contribution in [2.45, 2.75) is 26.7 Å². The molecule has 6 heteroatoms. The van der Waals surface area contributed by atoms with E-state index in [1.807, 2.05) is 0 Å². The quantitative estimate of drug-likeness (QED) is 0.592. The number of aromatic nitrogens is 2. The molecule has 0 aromatic carbocycles. The number of H-pyrrole nitrogens is 1. The highest BCUT2D eigenvalue weighted by Crippen LogP contribution is 2.02. The lowest BCUT2D eigenvalue weighted by Gasteiger charge is -2.04. The fourth-order valence-corrected chi connectivity index (χ4v) is 1.43. The van der Waals surface area contributed by atoms with Gasteiger partial charge in [-0.2, -0.15) is 0 Å². The van der Waals surface area contributed by atoms with Crippen LogP contribution in [0.4, 0.5) is 0 Å². The standard InChI is InChI=1S/C11H14N2O4/c1-3-17-10(15)5-4-8-9(6-14)12-7(2)13-11(8)16/h6H,3-5H2,1-2H3,(H,12,13,16). The van der Waals surface area contributed by atoms with Crippen LogP contribution in [-0.4, -0.2) is 28.8 Å². The summed E-state index contributed by atoms with van der Waals surface area (Å²) in [7, 11) is 0. The first kappa shape index (κ1) is 13.1. The third kappa shape index (κ3) is 3.51. The van der Waals surface area contributed by atoms with E-state index in [4.69, 9.17) is 4.74 Å². The Kier molecular flexibility index (Phi) is 4.56. The van der Waals surface area contributed by atoms with Crippen molar-refractivity contribution in [1.82, 2.24) is 9.97 Å². The highest BCUT2D eigenvalue weighted by atomic mass is 16.5. The van der Waals surface area contributed by atoms with Gasteiger partial charge in [-0.1, -0.05) is 0 Å². The molecule has 0 aliphatic rings. The number of aromatic amines is 1. The van der Waals surface area contributed by atoms with E-state index in [1.54, 1.807) is 13.8 Å². The van der Waals surface area contributed by atoms with Gasteiger partial charge in [-0.15, -0.1) is 0 Å². The van der Waals surface area contributed by atoms with Gasteiger partial charge in [-0.3, -0.25) is 14.4 Å². The first-order valence-corrected chi connectivity index (χ1v) is 5.29. The first-order valence-electron chi connectivity index (χ1n) is 5.29. The van der Waals surface area contributed by atoms with Crippen LogP contribution < -0.4 is 5.56 Å². The SMILES string of the molecule is CCOC(=O)CCc1c(C=O)nc(C)[nH]c1=O. The van der Waals surface area contributed by atoms with Crippen LogP contribution in [0.25, 0.3) is 0 Å². The topological polar surface area (TPSA) is 89.1 Å². The molecule has 1 heterocycles. The zero-order valence-corrected chi connectivity index (χ0v) is 9.78. The van der Waals surface area contributed by atoms with Crippen LogP contribution >= 0.6 is 0 Å². The van der Waals surface area contributed by atoms with E-state index in [2.05, 4.69) is 9.97 Å². The van der Waals surface area contributed by atoms with Crippen molar-refractivity contribution in [3.63, 3.8) is 0 Å². The first-order chi connectivity index (χ1) is 8.08. The van der Waals surface area contributed by atoms with E-state index in [9.17, 15) is 14.4 Å². The normalized spacial score (nSPS) is 10.0. The molecule has 0 fully saturated rings. The molecular formula is C11H14N2O4. The summed E-state index contributed by atoms with van der Waals surface area (Å²) < 4.78 is 4.74. The Hall–Kier alpha value is -1.98. The molecule has 0 bridgehead atoms. The van der Waals surface area contributed by atoms with Crippen LogP contribution in [0.5, 0.6) is 0 Å². The Morgan fingerprint density at radius 1 is 1.53 bits per heavy atom. The third-order valence-corrected chi connectivity index (χ3v) is 2.16. The molecule has 0 aliphatic heterocycles. The van der Waals surface area contributed by atoms with Crippen LogP contribution in [0.3, 0.4) is 0 Å². The molecule has 92 valence electrons. The van der Waals surface area contributed by atoms with Crippen molar-refractivity contribution in [3.05, 3.63) is 27.4 Å². The Morgan fingerprint density at radius 2 is 2.24 bits per heavy atom. The van der Waals surface area contributed by atoms with Crippen LogP contribution in [0, 0.1) is 6.92 Å². The molecular weight excluding hydrogens is 224 g/mol. The summed E-state index contributed by atoms with van der Waals surface area (Å²) in [5.41, 5.74) is -0.0851. The number of rotatable bonds is 5. The minimum atomic E-state index is -0.399. The van der Waals surface area contributed by atoms with Crippen molar-refractivity contribution in [3.8, 4) is 0 Å². The lowest BCUT2D eigenvalue weighted by Crippen LogP contribution is -2.20. The molecule has 1 aromatic rings. The van der Waals surface area contributed by atoms with Gasteiger partial charge in [-0.05, 0) is 20.3 Å². The second-order valence-electron chi connectivity index (χ2n) is 3.44. The monoisotopic (exact) mass is 238 g/mol. The van der Waals surface area contributed by atoms with Gasteiger partial charge >= 0.3 is 5.97 Å². The lowest BCUT2D eigenvalue weighted by molar-refractivity contribution is -0.143. The molecule has 0 atom stereocenters. The van der Waals surface area contributed by atoms with Crippen molar-refractivity contribution >= 4 is 12.3 Å². The predicted octanol–water partition coefficient (Wildman–Crippen LogP) is 0.387. The van der Waals surface area contributed by atoms with E-state index in [-0.39, 0.29) is 29.7 Å². The van der Waals surface area contributed by atoms with Crippen LogP contribution in [-0.2, 0) is 16.0 Å². The summed E-state index contributed by atoms with van der Waals surface area (Å²) >= 11 is 0. The van der Waals surface area contributed by atoms with Gasteiger partial charge in [0.25, 0.3) is 5.56 Å². The van der Waals surface area contributed by atoms with Crippen LogP contribution in [0.2, 0.25) is 0 Å². The van der Waals surface area contributed by atoms with E-state index >= 15 is 0 Å². The minimum absolute atomic E-state index is 0.0580. The number of nitrogens with one attached hydrogen (secondary N) is 1. The fourth-order valence-electron chi connectivity index (χ4n) is 1.43. The largest absolute Gasteiger partial charge is 0.466 e. The van der Waals surface area contributed by atoms with Crippen molar-refractivity contribution < 1.29 is 14.3 Å². The Balaban J connectivity index is 2.87. The maximum Gasteiger partial charge on any atom is 0.306 e. The number of carbonyl (C=O) groups excluding carboxylic acids is 2. The van der Waals surface area contributed by atoms with E-state index in [0.717, 1.165) is 0 Å². The van der Waals surface area contributed by atoms with Crippen LogP contribution in [0.15, 0.2) is 4.79 Å². The van der Waals surface area contributed by atoms with E-state index in [1.165, 1.54) is 0 Å². The van der Waals surface area contributed by atoms with E-state index in [0.29, 0.717) is 18.7 Å². The van der Waals surface area contributed by atoms with E-state index < -0.39 is 5.97 Å². The number of aldehydes is 1. The number of aryl methyl sites for hydroxylation is 1. The second kappa shape index (κ2) is 5.93. The third-order valence-electron chi connectivity index (χ3n) is 2.16. The number of nitrogens with zero attached hydrogens (tertiary/aromatic N) is 1. The van der Waals surface area contributed by atoms with Gasteiger partial charge in [0, 0.05) is 12.0 Å². The predicted molar refractivity (Wildman–Crippen MR) is 59.9 cm³/mol. The molecule has 0 aliphatic carbocycles. The van der Waals surface area contributed by atoms with Crippen LogP contribution in [0.1, 0.15) is 35.2 Å². The fraction of sp³-hybridized carbons (Fsp3) is 0.455. The zero-order chi connectivity index (χ0) is 12.8. The zero-order valence-electron chi connectivity index (χ0n) is 9.78. The molecule has 17 heavy (non-hydrogen) atoms. The Labute approximate surface area is 98.0 Å². The summed E-state index contributed by atoms with van der Waals surface area (Å²) in [6.45, 7) is 3.58.